The van der Waals surface area contributed by atoms with Crippen molar-refractivity contribution in [1.29, 1.82) is 0 Å². The zero-order valence-electron chi connectivity index (χ0n) is 10.5. The van der Waals surface area contributed by atoms with Crippen LogP contribution in [0.2, 0.25) is 0 Å². The maximum atomic E-state index is 5.77. The SMILES string of the molecule is C#C[C@@H](OCc1ccccc1)c1ccc(C)cc1. The van der Waals surface area contributed by atoms with E-state index in [-0.39, 0.29) is 6.10 Å². The molecule has 18 heavy (non-hydrogen) atoms. The van der Waals surface area contributed by atoms with Crippen LogP contribution >= 0.6 is 0 Å². The van der Waals surface area contributed by atoms with E-state index in [1.165, 1.54) is 5.56 Å². The molecule has 1 heteroatoms. The van der Waals surface area contributed by atoms with Crippen molar-refractivity contribution in [1.82, 2.24) is 0 Å². The second kappa shape index (κ2) is 6.05. The lowest BCUT2D eigenvalue weighted by Gasteiger charge is -2.13. The molecule has 0 unspecified atom stereocenters. The Morgan fingerprint density at radius 1 is 1.06 bits per heavy atom. The second-order valence-corrected chi connectivity index (χ2v) is 4.25. The van der Waals surface area contributed by atoms with Crippen molar-refractivity contribution < 1.29 is 4.74 Å². The lowest BCUT2D eigenvalue weighted by molar-refractivity contribution is 0.0782. The van der Waals surface area contributed by atoms with E-state index in [0.29, 0.717) is 6.61 Å². The Balaban J connectivity index is 2.02. The molecule has 1 atom stereocenters. The first-order valence-corrected chi connectivity index (χ1v) is 5.98. The number of hydrogen-bond donors (Lipinski definition) is 0. The second-order valence-electron chi connectivity index (χ2n) is 4.25. The van der Waals surface area contributed by atoms with Gasteiger partial charge in [-0.1, -0.05) is 66.1 Å². The minimum Gasteiger partial charge on any atom is -0.356 e. The van der Waals surface area contributed by atoms with Crippen molar-refractivity contribution in [3.05, 3.63) is 71.3 Å². The Hall–Kier alpha value is -2.04. The smallest absolute Gasteiger partial charge is 0.143 e. The highest BCUT2D eigenvalue weighted by Crippen LogP contribution is 2.18. The molecule has 0 aliphatic rings. The Labute approximate surface area is 108 Å². The van der Waals surface area contributed by atoms with Crippen LogP contribution in [0, 0.1) is 19.3 Å². The molecule has 0 amide bonds. The minimum atomic E-state index is -0.286. The molecule has 2 rings (SSSR count). The molecule has 0 fully saturated rings. The molecular weight excluding hydrogens is 220 g/mol. The van der Waals surface area contributed by atoms with E-state index in [0.717, 1.165) is 11.1 Å². The van der Waals surface area contributed by atoms with Crippen molar-refractivity contribution in [3.63, 3.8) is 0 Å². The molecule has 0 N–H and O–H groups in total. The highest BCUT2D eigenvalue weighted by atomic mass is 16.5. The molecule has 0 spiro atoms. The van der Waals surface area contributed by atoms with E-state index in [1.54, 1.807) is 0 Å². The quantitative estimate of drug-likeness (QED) is 0.732. The van der Waals surface area contributed by atoms with Gasteiger partial charge in [0.25, 0.3) is 0 Å². The molecule has 0 radical (unpaired) electrons. The number of rotatable bonds is 4. The van der Waals surface area contributed by atoms with Crippen molar-refractivity contribution in [2.75, 3.05) is 0 Å². The number of terminal acetylenes is 1. The summed E-state index contributed by atoms with van der Waals surface area (Å²) in [5.41, 5.74) is 3.38. The maximum absolute atomic E-state index is 5.77. The van der Waals surface area contributed by atoms with Gasteiger partial charge in [0, 0.05) is 0 Å². The molecule has 0 saturated heterocycles. The lowest BCUT2D eigenvalue weighted by atomic mass is 10.1. The summed E-state index contributed by atoms with van der Waals surface area (Å²) in [6.45, 7) is 2.59. The number of benzene rings is 2. The Morgan fingerprint density at radius 3 is 2.33 bits per heavy atom. The fraction of sp³-hybridized carbons (Fsp3) is 0.176. The largest absolute Gasteiger partial charge is 0.356 e. The van der Waals surface area contributed by atoms with Gasteiger partial charge in [-0.05, 0) is 18.1 Å². The lowest BCUT2D eigenvalue weighted by Crippen LogP contribution is -2.02. The topological polar surface area (TPSA) is 9.23 Å². The van der Waals surface area contributed by atoms with E-state index in [4.69, 9.17) is 11.2 Å². The average Bonchev–Trinajstić information content (AvgIpc) is 2.42. The summed E-state index contributed by atoms with van der Waals surface area (Å²) in [5, 5.41) is 0. The van der Waals surface area contributed by atoms with E-state index in [2.05, 4.69) is 12.8 Å². The highest BCUT2D eigenvalue weighted by molar-refractivity contribution is 5.27. The predicted molar refractivity (Wildman–Crippen MR) is 74.0 cm³/mol. The van der Waals surface area contributed by atoms with Crippen molar-refractivity contribution in [2.24, 2.45) is 0 Å². The molecule has 1 nitrogen and oxygen atoms in total. The standard InChI is InChI=1S/C17H16O/c1-3-17(16-11-9-14(2)10-12-16)18-13-15-7-5-4-6-8-15/h1,4-12,17H,13H2,2H3/t17-/m1/s1. The third-order valence-corrected chi connectivity index (χ3v) is 2.79. The summed E-state index contributed by atoms with van der Waals surface area (Å²) in [5.74, 6) is 2.69. The van der Waals surface area contributed by atoms with Gasteiger partial charge in [0.1, 0.15) is 6.10 Å². The van der Waals surface area contributed by atoms with Crippen LogP contribution in [0.3, 0.4) is 0 Å². The Bertz CT molecular complexity index is 520. The molecule has 2 aromatic carbocycles. The molecule has 2 aromatic rings. The van der Waals surface area contributed by atoms with E-state index >= 15 is 0 Å². The zero-order valence-corrected chi connectivity index (χ0v) is 10.5. The van der Waals surface area contributed by atoms with Crippen LogP contribution in [0.5, 0.6) is 0 Å². The van der Waals surface area contributed by atoms with Gasteiger partial charge in [0.05, 0.1) is 6.61 Å². The first-order valence-electron chi connectivity index (χ1n) is 5.98. The van der Waals surface area contributed by atoms with Gasteiger partial charge in [-0.15, -0.1) is 6.42 Å². The summed E-state index contributed by atoms with van der Waals surface area (Å²) in [4.78, 5) is 0. The van der Waals surface area contributed by atoms with Crippen LogP contribution in [0.15, 0.2) is 54.6 Å². The molecule has 0 aromatic heterocycles. The average molecular weight is 236 g/mol. The number of ether oxygens (including phenoxy) is 1. The van der Waals surface area contributed by atoms with Crippen molar-refractivity contribution in [2.45, 2.75) is 19.6 Å². The summed E-state index contributed by atoms with van der Waals surface area (Å²) in [6.07, 6.45) is 5.25. The van der Waals surface area contributed by atoms with E-state index < -0.39 is 0 Å². The summed E-state index contributed by atoms with van der Waals surface area (Å²) in [7, 11) is 0. The normalized spacial score (nSPS) is 11.8. The van der Waals surface area contributed by atoms with Gasteiger partial charge in [0.15, 0.2) is 0 Å². The Morgan fingerprint density at radius 2 is 1.72 bits per heavy atom. The van der Waals surface area contributed by atoms with Gasteiger partial charge in [-0.25, -0.2) is 0 Å². The first-order chi connectivity index (χ1) is 8.79. The van der Waals surface area contributed by atoms with E-state index in [1.807, 2.05) is 54.6 Å². The number of hydrogen-bond acceptors (Lipinski definition) is 1. The highest BCUT2D eigenvalue weighted by Gasteiger charge is 2.08. The van der Waals surface area contributed by atoms with Gasteiger partial charge >= 0.3 is 0 Å². The minimum absolute atomic E-state index is 0.286. The van der Waals surface area contributed by atoms with Gasteiger partial charge in [0.2, 0.25) is 0 Å². The summed E-state index contributed by atoms with van der Waals surface area (Å²) < 4.78 is 5.77. The monoisotopic (exact) mass is 236 g/mol. The maximum Gasteiger partial charge on any atom is 0.143 e. The first kappa shape index (κ1) is 12.4. The van der Waals surface area contributed by atoms with Crippen molar-refractivity contribution >= 4 is 0 Å². The third-order valence-electron chi connectivity index (χ3n) is 2.79. The molecular formula is C17H16O. The van der Waals surface area contributed by atoms with Gasteiger partial charge in [-0.3, -0.25) is 0 Å². The van der Waals surface area contributed by atoms with Crippen LogP contribution in [0.4, 0.5) is 0 Å². The fourth-order valence-electron chi connectivity index (χ4n) is 1.74. The van der Waals surface area contributed by atoms with E-state index in [9.17, 15) is 0 Å². The number of aryl methyl sites for hydroxylation is 1. The zero-order chi connectivity index (χ0) is 12.8. The molecule has 90 valence electrons. The fourth-order valence-corrected chi connectivity index (χ4v) is 1.74. The van der Waals surface area contributed by atoms with Crippen LogP contribution < -0.4 is 0 Å². The molecule has 0 bridgehead atoms. The third kappa shape index (κ3) is 3.23. The molecule has 0 heterocycles. The van der Waals surface area contributed by atoms with Gasteiger partial charge in [-0.2, -0.15) is 0 Å². The van der Waals surface area contributed by atoms with Crippen LogP contribution in [0.25, 0.3) is 0 Å². The summed E-state index contributed by atoms with van der Waals surface area (Å²) >= 11 is 0. The van der Waals surface area contributed by atoms with Crippen molar-refractivity contribution in [3.8, 4) is 12.3 Å². The Kier molecular flexibility index (Phi) is 4.17. The van der Waals surface area contributed by atoms with Crippen LogP contribution in [-0.4, -0.2) is 0 Å². The molecule has 0 saturated carbocycles. The summed E-state index contributed by atoms with van der Waals surface area (Å²) in [6, 6.07) is 18.2. The van der Waals surface area contributed by atoms with Gasteiger partial charge < -0.3 is 4.74 Å². The van der Waals surface area contributed by atoms with Crippen LogP contribution in [-0.2, 0) is 11.3 Å². The molecule has 0 aliphatic heterocycles. The van der Waals surface area contributed by atoms with Crippen LogP contribution in [0.1, 0.15) is 22.8 Å². The predicted octanol–water partition coefficient (Wildman–Crippen LogP) is 3.89. The molecule has 0 aliphatic carbocycles.